The largest absolute Gasteiger partial charge is 0.223 e. The van der Waals surface area contributed by atoms with E-state index in [0.717, 1.165) is 0 Å². The summed E-state index contributed by atoms with van der Waals surface area (Å²) >= 11 is 0. The minimum atomic E-state index is -0.847. The molecule has 0 nitrogen and oxygen atoms in total. The molecule has 0 aliphatic heterocycles. The molecule has 0 aliphatic rings. The zero-order valence-corrected chi connectivity index (χ0v) is 26.2. The summed E-state index contributed by atoms with van der Waals surface area (Å²) in [6, 6.07) is 56.2. The molecule has 0 saturated carbocycles. The predicted molar refractivity (Wildman–Crippen MR) is 196 cm³/mol. The molecule has 1 heteroatoms. The summed E-state index contributed by atoms with van der Waals surface area (Å²) in [6.07, 6.45) is 7.13. The van der Waals surface area contributed by atoms with Crippen LogP contribution >= 0.6 is 10.0 Å². The fourth-order valence-corrected chi connectivity index (χ4v) is 8.28. The monoisotopic (exact) mass is 582 g/mol. The first-order valence-electron chi connectivity index (χ1n) is 15.2. The maximum Gasteiger partial charge on any atom is -0.00262 e. The van der Waals surface area contributed by atoms with Crippen molar-refractivity contribution in [1.29, 1.82) is 0 Å². The Morgan fingerprint density at radius 1 is 0.341 bits per heavy atom. The summed E-state index contributed by atoms with van der Waals surface area (Å²) in [5.74, 6) is 0. The van der Waals surface area contributed by atoms with Crippen LogP contribution in [0.3, 0.4) is 0 Å². The number of benzene rings is 8. The second kappa shape index (κ2) is 10.4. The molecular formula is C43H34S. The fourth-order valence-electron chi connectivity index (χ4n) is 6.97. The summed E-state index contributed by atoms with van der Waals surface area (Å²) in [5.41, 5.74) is 7.64. The van der Waals surface area contributed by atoms with Gasteiger partial charge in [-0.15, -0.1) is 0 Å². The maximum absolute atomic E-state index is 2.38. The van der Waals surface area contributed by atoms with Crippen molar-refractivity contribution < 1.29 is 0 Å². The number of hydrogen-bond donors (Lipinski definition) is 0. The van der Waals surface area contributed by atoms with Crippen LogP contribution < -0.4 is 0 Å². The van der Waals surface area contributed by atoms with Gasteiger partial charge in [-0.1, -0.05) is 140 Å². The van der Waals surface area contributed by atoms with Crippen LogP contribution in [0, 0.1) is 0 Å². The first-order chi connectivity index (χ1) is 21.5. The van der Waals surface area contributed by atoms with Crippen molar-refractivity contribution in [3.8, 4) is 33.4 Å². The SMILES string of the molecule is CS(C)(C)c1ccc(-c2ccc(-c3c4ccccc4c(-c4ccc5ccccc5c4)c4ccccc34)cc2)c2ccccc12. The van der Waals surface area contributed by atoms with Gasteiger partial charge in [0.05, 0.1) is 0 Å². The summed E-state index contributed by atoms with van der Waals surface area (Å²) in [5, 5.41) is 10.4. The van der Waals surface area contributed by atoms with Gasteiger partial charge in [0.15, 0.2) is 0 Å². The van der Waals surface area contributed by atoms with Gasteiger partial charge in [-0.25, -0.2) is 10.0 Å². The van der Waals surface area contributed by atoms with Crippen LogP contribution in [0.15, 0.2) is 157 Å². The fraction of sp³-hybridized carbons (Fsp3) is 0.0698. The van der Waals surface area contributed by atoms with Gasteiger partial charge in [-0.05, 0) is 112 Å². The van der Waals surface area contributed by atoms with E-state index in [4.69, 9.17) is 0 Å². The highest BCUT2D eigenvalue weighted by molar-refractivity contribution is 8.32. The third-order valence-corrected chi connectivity index (χ3v) is 10.7. The van der Waals surface area contributed by atoms with E-state index >= 15 is 0 Å². The molecule has 8 rings (SSSR count). The zero-order chi connectivity index (χ0) is 29.8. The van der Waals surface area contributed by atoms with Gasteiger partial charge < -0.3 is 0 Å². The molecule has 0 bridgehead atoms. The van der Waals surface area contributed by atoms with E-state index in [1.807, 2.05) is 0 Å². The van der Waals surface area contributed by atoms with Crippen molar-refractivity contribution in [2.24, 2.45) is 0 Å². The number of fused-ring (bicyclic) bond motifs is 4. The minimum Gasteiger partial charge on any atom is -0.223 e. The summed E-state index contributed by atoms with van der Waals surface area (Å²) in [4.78, 5) is 1.47. The van der Waals surface area contributed by atoms with E-state index in [-0.39, 0.29) is 0 Å². The Bertz CT molecular complexity index is 2300. The third-order valence-electron chi connectivity index (χ3n) is 9.00. The molecule has 0 fully saturated rings. The van der Waals surface area contributed by atoms with Crippen LogP contribution in [0.4, 0.5) is 0 Å². The van der Waals surface area contributed by atoms with Crippen molar-refractivity contribution in [2.45, 2.75) is 4.90 Å². The normalized spacial score (nSPS) is 12.3. The van der Waals surface area contributed by atoms with Crippen LogP contribution in [-0.2, 0) is 0 Å². The molecule has 0 unspecified atom stereocenters. The lowest BCUT2D eigenvalue weighted by atomic mass is 9.85. The highest BCUT2D eigenvalue weighted by Crippen LogP contribution is 2.50. The van der Waals surface area contributed by atoms with Crippen molar-refractivity contribution in [2.75, 3.05) is 18.8 Å². The Kier molecular flexibility index (Phi) is 6.32. The minimum absolute atomic E-state index is 0.847. The lowest BCUT2D eigenvalue weighted by molar-refractivity contribution is 1.51. The standard InChI is InChI=1S/C43H34S/c1-44(2,3)41-27-26-34(35-14-6-7-15-36(35)41)30-21-23-31(24-22-30)42-37-16-8-10-18-39(37)43(40-19-11-9-17-38(40)42)33-25-20-29-12-4-5-13-32(29)28-33/h4-28H,1-3H3. The molecule has 0 saturated heterocycles. The van der Waals surface area contributed by atoms with Gasteiger partial charge in [0.25, 0.3) is 0 Å². The molecule has 8 aromatic carbocycles. The maximum atomic E-state index is 2.38. The highest BCUT2D eigenvalue weighted by atomic mass is 32.3. The Morgan fingerprint density at radius 3 is 1.39 bits per heavy atom. The predicted octanol–water partition coefficient (Wildman–Crippen LogP) is 12.4. The second-order valence-electron chi connectivity index (χ2n) is 12.5. The van der Waals surface area contributed by atoms with Gasteiger partial charge in [-0.2, -0.15) is 0 Å². The number of hydrogen-bond acceptors (Lipinski definition) is 0. The Balaban J connectivity index is 1.32. The van der Waals surface area contributed by atoms with Gasteiger partial charge in [0.1, 0.15) is 0 Å². The van der Waals surface area contributed by atoms with E-state index in [9.17, 15) is 0 Å². The lowest BCUT2D eigenvalue weighted by Crippen LogP contribution is -1.95. The first-order valence-corrected chi connectivity index (χ1v) is 18.1. The van der Waals surface area contributed by atoms with E-state index < -0.39 is 10.0 Å². The van der Waals surface area contributed by atoms with Crippen molar-refractivity contribution >= 4 is 53.1 Å². The van der Waals surface area contributed by atoms with Crippen molar-refractivity contribution in [3.63, 3.8) is 0 Å². The Morgan fingerprint density at radius 2 is 0.795 bits per heavy atom. The Labute approximate surface area is 260 Å². The molecule has 0 N–H and O–H groups in total. The summed E-state index contributed by atoms with van der Waals surface area (Å²) in [6.45, 7) is 0. The van der Waals surface area contributed by atoms with Gasteiger partial charge in [-0.3, -0.25) is 0 Å². The van der Waals surface area contributed by atoms with E-state index in [2.05, 4.69) is 170 Å². The molecule has 0 radical (unpaired) electrons. The lowest BCUT2D eigenvalue weighted by Gasteiger charge is -2.28. The molecule has 0 heterocycles. The van der Waals surface area contributed by atoms with Gasteiger partial charge in [0.2, 0.25) is 0 Å². The van der Waals surface area contributed by atoms with Crippen molar-refractivity contribution in [3.05, 3.63) is 152 Å². The molecule has 0 aromatic heterocycles. The van der Waals surface area contributed by atoms with E-state index in [1.54, 1.807) is 0 Å². The molecular weight excluding hydrogens is 549 g/mol. The third kappa shape index (κ3) is 4.39. The molecule has 212 valence electrons. The average molecular weight is 583 g/mol. The average Bonchev–Trinajstić information content (AvgIpc) is 3.06. The molecule has 0 atom stereocenters. The highest BCUT2D eigenvalue weighted by Gasteiger charge is 2.18. The van der Waals surface area contributed by atoms with Crippen LogP contribution in [-0.4, -0.2) is 18.8 Å². The summed E-state index contributed by atoms with van der Waals surface area (Å²) in [7, 11) is -0.847. The molecule has 8 aromatic rings. The van der Waals surface area contributed by atoms with Crippen LogP contribution in [0.1, 0.15) is 0 Å². The van der Waals surface area contributed by atoms with Gasteiger partial charge in [0, 0.05) is 0 Å². The second-order valence-corrected chi connectivity index (χ2v) is 16.6. The Hall–Kier alpha value is -4.85. The zero-order valence-electron chi connectivity index (χ0n) is 25.3. The van der Waals surface area contributed by atoms with Crippen LogP contribution in [0.5, 0.6) is 0 Å². The molecule has 0 aliphatic carbocycles. The quantitative estimate of drug-likeness (QED) is 0.181. The van der Waals surface area contributed by atoms with E-state index in [1.165, 1.54) is 81.4 Å². The van der Waals surface area contributed by atoms with Crippen molar-refractivity contribution in [1.82, 2.24) is 0 Å². The molecule has 0 amide bonds. The first kappa shape index (κ1) is 26.8. The summed E-state index contributed by atoms with van der Waals surface area (Å²) < 4.78 is 0. The smallest absolute Gasteiger partial charge is 0.00262 e. The number of rotatable bonds is 4. The van der Waals surface area contributed by atoms with Crippen LogP contribution in [0.25, 0.3) is 76.5 Å². The topological polar surface area (TPSA) is 0 Å². The van der Waals surface area contributed by atoms with Gasteiger partial charge >= 0.3 is 0 Å². The van der Waals surface area contributed by atoms with E-state index in [0.29, 0.717) is 0 Å². The molecule has 0 spiro atoms. The molecule has 44 heavy (non-hydrogen) atoms. The van der Waals surface area contributed by atoms with Crippen LogP contribution in [0.2, 0.25) is 0 Å².